The van der Waals surface area contributed by atoms with E-state index in [1.807, 2.05) is 31.3 Å². The first kappa shape index (κ1) is 21.5. The van der Waals surface area contributed by atoms with Crippen molar-refractivity contribution in [2.24, 2.45) is 10.9 Å². The van der Waals surface area contributed by atoms with E-state index in [2.05, 4.69) is 22.3 Å². The fourth-order valence-corrected chi connectivity index (χ4v) is 3.19. The van der Waals surface area contributed by atoms with Crippen molar-refractivity contribution in [3.05, 3.63) is 29.8 Å². The minimum atomic E-state index is 0.629. The zero-order valence-electron chi connectivity index (χ0n) is 17.1. The van der Waals surface area contributed by atoms with Crippen molar-refractivity contribution in [2.75, 3.05) is 54.1 Å². The molecule has 1 fully saturated rings. The van der Waals surface area contributed by atoms with E-state index >= 15 is 0 Å². The van der Waals surface area contributed by atoms with Gasteiger partial charge >= 0.3 is 0 Å². The monoisotopic (exact) mass is 377 g/mol. The summed E-state index contributed by atoms with van der Waals surface area (Å²) in [5, 5.41) is 3.43. The molecule has 1 N–H and O–H groups in total. The van der Waals surface area contributed by atoms with Gasteiger partial charge in [0.2, 0.25) is 0 Å². The Kier molecular flexibility index (Phi) is 10.0. The van der Waals surface area contributed by atoms with Gasteiger partial charge in [-0.1, -0.05) is 12.1 Å². The summed E-state index contributed by atoms with van der Waals surface area (Å²) in [6, 6.07) is 7.99. The second kappa shape index (κ2) is 12.6. The lowest BCUT2D eigenvalue weighted by atomic mass is 9.96. The summed E-state index contributed by atoms with van der Waals surface area (Å²) in [4.78, 5) is 6.60. The number of hydrogen-bond donors (Lipinski definition) is 1. The van der Waals surface area contributed by atoms with E-state index in [1.165, 1.54) is 19.3 Å². The van der Waals surface area contributed by atoms with Gasteiger partial charge in [0.15, 0.2) is 5.96 Å². The summed E-state index contributed by atoms with van der Waals surface area (Å²) in [5.41, 5.74) is 1.16. The minimum absolute atomic E-state index is 0.629. The van der Waals surface area contributed by atoms with Gasteiger partial charge in [-0.15, -0.1) is 0 Å². The highest BCUT2D eigenvalue weighted by Crippen LogP contribution is 2.18. The second-order valence-corrected chi connectivity index (χ2v) is 6.99. The van der Waals surface area contributed by atoms with Gasteiger partial charge in [0.05, 0.1) is 13.7 Å². The Balaban J connectivity index is 1.55. The number of aliphatic imine (C=N–C) groups is 1. The number of rotatable bonds is 10. The SMILES string of the molecule is CN=C(NCCCOCc1ccc(OC)cc1)N(C)CCC1CCOCC1. The topological polar surface area (TPSA) is 55.3 Å². The van der Waals surface area contributed by atoms with Crippen LogP contribution in [0.3, 0.4) is 0 Å². The quantitative estimate of drug-likeness (QED) is 0.386. The summed E-state index contributed by atoms with van der Waals surface area (Å²) in [7, 11) is 5.62. The van der Waals surface area contributed by atoms with Crippen LogP contribution in [0.1, 0.15) is 31.2 Å². The highest BCUT2D eigenvalue weighted by molar-refractivity contribution is 5.79. The van der Waals surface area contributed by atoms with Crippen LogP contribution in [-0.2, 0) is 16.1 Å². The van der Waals surface area contributed by atoms with Crippen LogP contribution in [0, 0.1) is 5.92 Å². The summed E-state index contributed by atoms with van der Waals surface area (Å²) in [5.74, 6) is 2.61. The molecular weight excluding hydrogens is 342 g/mol. The van der Waals surface area contributed by atoms with Gasteiger partial charge in [-0.25, -0.2) is 0 Å². The number of methoxy groups -OCH3 is 1. The largest absolute Gasteiger partial charge is 0.497 e. The molecule has 1 aromatic carbocycles. The Morgan fingerprint density at radius 2 is 2.00 bits per heavy atom. The first-order valence-electron chi connectivity index (χ1n) is 9.93. The van der Waals surface area contributed by atoms with E-state index in [-0.39, 0.29) is 0 Å². The maximum absolute atomic E-state index is 5.75. The lowest BCUT2D eigenvalue weighted by Crippen LogP contribution is -2.40. The van der Waals surface area contributed by atoms with E-state index in [0.717, 1.165) is 62.5 Å². The highest BCUT2D eigenvalue weighted by atomic mass is 16.5. The Morgan fingerprint density at radius 1 is 1.26 bits per heavy atom. The fraction of sp³-hybridized carbons (Fsp3) is 0.667. The van der Waals surface area contributed by atoms with Crippen LogP contribution >= 0.6 is 0 Å². The van der Waals surface area contributed by atoms with E-state index in [1.54, 1.807) is 7.11 Å². The molecule has 0 atom stereocenters. The van der Waals surface area contributed by atoms with Gasteiger partial charge < -0.3 is 24.4 Å². The van der Waals surface area contributed by atoms with E-state index < -0.39 is 0 Å². The average Bonchev–Trinajstić information content (AvgIpc) is 2.72. The molecule has 1 saturated heterocycles. The Labute approximate surface area is 163 Å². The van der Waals surface area contributed by atoms with Crippen LogP contribution in [0.25, 0.3) is 0 Å². The summed E-state index contributed by atoms with van der Waals surface area (Å²) in [6.45, 7) is 5.07. The fourth-order valence-electron chi connectivity index (χ4n) is 3.19. The number of guanidine groups is 1. The van der Waals surface area contributed by atoms with Crippen molar-refractivity contribution in [3.63, 3.8) is 0 Å². The molecule has 6 nitrogen and oxygen atoms in total. The van der Waals surface area contributed by atoms with Crippen LogP contribution < -0.4 is 10.1 Å². The molecule has 27 heavy (non-hydrogen) atoms. The van der Waals surface area contributed by atoms with Gasteiger partial charge in [-0.2, -0.15) is 0 Å². The second-order valence-electron chi connectivity index (χ2n) is 6.99. The van der Waals surface area contributed by atoms with Crippen molar-refractivity contribution in [1.82, 2.24) is 10.2 Å². The molecule has 0 spiro atoms. The van der Waals surface area contributed by atoms with Gasteiger partial charge in [0.1, 0.15) is 5.75 Å². The number of ether oxygens (including phenoxy) is 3. The predicted octanol–water partition coefficient (Wildman–Crippen LogP) is 2.93. The number of nitrogens with one attached hydrogen (secondary N) is 1. The third kappa shape index (κ3) is 8.18. The molecule has 1 heterocycles. The molecule has 6 heteroatoms. The first-order chi connectivity index (χ1) is 13.2. The Hall–Kier alpha value is -1.79. The number of nitrogens with zero attached hydrogens (tertiary/aromatic N) is 2. The molecule has 0 saturated carbocycles. The normalized spacial score (nSPS) is 15.6. The van der Waals surface area contributed by atoms with Crippen molar-refractivity contribution >= 4 is 5.96 Å². The van der Waals surface area contributed by atoms with Crippen LogP contribution in [0.15, 0.2) is 29.3 Å². The molecule has 0 radical (unpaired) electrons. The van der Waals surface area contributed by atoms with E-state index in [4.69, 9.17) is 14.2 Å². The summed E-state index contributed by atoms with van der Waals surface area (Å²) < 4.78 is 16.3. The molecule has 0 aromatic heterocycles. The number of hydrogen-bond acceptors (Lipinski definition) is 4. The van der Waals surface area contributed by atoms with Crippen molar-refractivity contribution in [2.45, 2.75) is 32.3 Å². The first-order valence-corrected chi connectivity index (χ1v) is 9.93. The van der Waals surface area contributed by atoms with E-state index in [0.29, 0.717) is 6.61 Å². The molecule has 0 aliphatic carbocycles. The molecule has 1 aliphatic heterocycles. The lowest BCUT2D eigenvalue weighted by Gasteiger charge is -2.26. The minimum Gasteiger partial charge on any atom is -0.497 e. The van der Waals surface area contributed by atoms with Crippen molar-refractivity contribution in [1.29, 1.82) is 0 Å². The van der Waals surface area contributed by atoms with Crippen LogP contribution in [-0.4, -0.2) is 65.0 Å². The highest BCUT2D eigenvalue weighted by Gasteiger charge is 2.15. The summed E-state index contributed by atoms with van der Waals surface area (Å²) >= 11 is 0. The van der Waals surface area contributed by atoms with Crippen LogP contribution in [0.5, 0.6) is 5.75 Å². The molecule has 0 unspecified atom stereocenters. The van der Waals surface area contributed by atoms with Crippen LogP contribution in [0.4, 0.5) is 0 Å². The zero-order valence-corrected chi connectivity index (χ0v) is 17.1. The third-order valence-electron chi connectivity index (χ3n) is 4.96. The average molecular weight is 378 g/mol. The van der Waals surface area contributed by atoms with Crippen molar-refractivity contribution < 1.29 is 14.2 Å². The maximum atomic E-state index is 5.75. The standard InChI is InChI=1S/C21H35N3O3/c1-22-21(24(2)13-9-18-10-15-26-16-11-18)23-12-4-14-27-17-19-5-7-20(25-3)8-6-19/h5-8,18H,4,9-17H2,1-3H3,(H,22,23). The van der Waals surface area contributed by atoms with Crippen LogP contribution in [0.2, 0.25) is 0 Å². The van der Waals surface area contributed by atoms with Crippen molar-refractivity contribution in [3.8, 4) is 5.75 Å². The Morgan fingerprint density at radius 3 is 2.67 bits per heavy atom. The lowest BCUT2D eigenvalue weighted by molar-refractivity contribution is 0.0625. The maximum Gasteiger partial charge on any atom is 0.193 e. The number of benzene rings is 1. The van der Waals surface area contributed by atoms with Gasteiger partial charge in [-0.05, 0) is 49.3 Å². The third-order valence-corrected chi connectivity index (χ3v) is 4.96. The van der Waals surface area contributed by atoms with Gasteiger partial charge in [0, 0.05) is 47.0 Å². The molecule has 2 rings (SSSR count). The molecule has 0 amide bonds. The zero-order chi connectivity index (χ0) is 19.3. The van der Waals surface area contributed by atoms with E-state index in [9.17, 15) is 0 Å². The predicted molar refractivity (Wildman–Crippen MR) is 109 cm³/mol. The molecule has 152 valence electrons. The molecule has 1 aliphatic rings. The van der Waals surface area contributed by atoms with Gasteiger partial charge in [-0.3, -0.25) is 4.99 Å². The molecule has 1 aromatic rings. The smallest absolute Gasteiger partial charge is 0.193 e. The summed E-state index contributed by atoms with van der Waals surface area (Å²) in [6.07, 6.45) is 4.52. The molecular formula is C21H35N3O3. The van der Waals surface area contributed by atoms with Gasteiger partial charge in [0.25, 0.3) is 0 Å². The molecule has 0 bridgehead atoms. The Bertz CT molecular complexity index is 542.